The molecular weight excluding hydrogens is 348 g/mol. The van der Waals surface area contributed by atoms with Crippen LogP contribution < -0.4 is 10.6 Å². The summed E-state index contributed by atoms with van der Waals surface area (Å²) in [7, 11) is 0. The molecule has 0 atom stereocenters. The summed E-state index contributed by atoms with van der Waals surface area (Å²) in [5.74, 6) is 0.864. The number of rotatable bonds is 12. The molecule has 4 nitrogen and oxygen atoms in total. The van der Waals surface area contributed by atoms with Crippen LogP contribution in [0.4, 0.5) is 0 Å². The van der Waals surface area contributed by atoms with Gasteiger partial charge in [0.05, 0.1) is 0 Å². The quantitative estimate of drug-likeness (QED) is 0.388. The molecule has 0 fully saturated rings. The zero-order chi connectivity index (χ0) is 20.4. The Hall–Kier alpha value is -2.04. The Morgan fingerprint density at radius 1 is 0.750 bits per heavy atom. The van der Waals surface area contributed by atoms with Gasteiger partial charge < -0.3 is 20.8 Å². The molecule has 4 heteroatoms. The fraction of sp³-hybridized carbons (Fsp3) is 0.500. The summed E-state index contributed by atoms with van der Waals surface area (Å²) < 4.78 is 0. The molecule has 154 valence electrons. The van der Waals surface area contributed by atoms with Crippen LogP contribution in [0.25, 0.3) is 0 Å². The third-order valence-electron chi connectivity index (χ3n) is 5.25. The number of hydrogen-bond acceptors (Lipinski definition) is 4. The highest BCUT2D eigenvalue weighted by Crippen LogP contribution is 2.30. The van der Waals surface area contributed by atoms with Crippen molar-refractivity contribution in [2.45, 2.75) is 65.5 Å². The lowest BCUT2D eigenvalue weighted by atomic mass is 9.90. The molecule has 0 saturated carbocycles. The van der Waals surface area contributed by atoms with Crippen molar-refractivity contribution < 1.29 is 10.2 Å². The molecule has 0 heterocycles. The number of unbranched alkanes of at least 4 members (excludes halogenated alkanes) is 2. The van der Waals surface area contributed by atoms with Gasteiger partial charge >= 0.3 is 0 Å². The monoisotopic (exact) mass is 384 g/mol. The maximum Gasteiger partial charge on any atom is 0.120 e. The molecule has 0 aliphatic rings. The minimum atomic E-state index is 0.185. The number of nitrogens with one attached hydrogen (secondary N) is 2. The standard InChI is InChI=1S/C24H36N2O2/c1-4-6-12-25-16-21-14-19(8-10-23(21)27)18(3)20-9-11-24(28)22(15-20)17-26-13-7-5-2/h8-11,14-15,18,25-28H,4-7,12-13,16-17H2,1-3H3. The van der Waals surface area contributed by atoms with Crippen molar-refractivity contribution in [2.24, 2.45) is 0 Å². The third kappa shape index (κ3) is 6.54. The molecule has 0 aromatic heterocycles. The highest BCUT2D eigenvalue weighted by atomic mass is 16.3. The number of phenolic OH excluding ortho intramolecular Hbond substituents is 2. The lowest BCUT2D eigenvalue weighted by Gasteiger charge is -2.17. The fourth-order valence-electron chi connectivity index (χ4n) is 3.27. The summed E-state index contributed by atoms with van der Waals surface area (Å²) in [6.07, 6.45) is 4.60. The molecule has 0 radical (unpaired) electrons. The highest BCUT2D eigenvalue weighted by molar-refractivity contribution is 5.44. The van der Waals surface area contributed by atoms with Gasteiger partial charge in [-0.2, -0.15) is 0 Å². The van der Waals surface area contributed by atoms with Crippen molar-refractivity contribution in [2.75, 3.05) is 13.1 Å². The van der Waals surface area contributed by atoms with Crippen LogP contribution in [0.5, 0.6) is 11.5 Å². The van der Waals surface area contributed by atoms with Gasteiger partial charge in [0, 0.05) is 30.1 Å². The predicted molar refractivity (Wildman–Crippen MR) is 117 cm³/mol. The fourth-order valence-corrected chi connectivity index (χ4v) is 3.27. The molecule has 0 aliphatic heterocycles. The minimum Gasteiger partial charge on any atom is -0.508 e. The maximum absolute atomic E-state index is 10.2. The number of hydrogen-bond donors (Lipinski definition) is 4. The van der Waals surface area contributed by atoms with Crippen molar-refractivity contribution in [1.82, 2.24) is 10.6 Å². The summed E-state index contributed by atoms with van der Waals surface area (Å²) in [6, 6.07) is 11.7. The summed E-state index contributed by atoms with van der Waals surface area (Å²) in [5, 5.41) is 27.2. The van der Waals surface area contributed by atoms with Crippen LogP contribution >= 0.6 is 0 Å². The van der Waals surface area contributed by atoms with Crippen LogP contribution in [0.2, 0.25) is 0 Å². The van der Waals surface area contributed by atoms with E-state index in [0.717, 1.165) is 49.9 Å². The number of phenols is 2. The van der Waals surface area contributed by atoms with Gasteiger partial charge in [-0.3, -0.25) is 0 Å². The molecular formula is C24H36N2O2. The molecule has 0 amide bonds. The molecule has 0 aliphatic carbocycles. The Kier molecular flexibility index (Phi) is 9.32. The van der Waals surface area contributed by atoms with Crippen LogP contribution in [0.3, 0.4) is 0 Å². The van der Waals surface area contributed by atoms with Crippen LogP contribution in [0.15, 0.2) is 36.4 Å². The Labute approximate surface area is 170 Å². The first-order chi connectivity index (χ1) is 13.6. The molecule has 2 aromatic carbocycles. The molecule has 4 N–H and O–H groups in total. The van der Waals surface area contributed by atoms with Gasteiger partial charge in [-0.15, -0.1) is 0 Å². The largest absolute Gasteiger partial charge is 0.508 e. The van der Waals surface area contributed by atoms with E-state index in [1.807, 2.05) is 12.1 Å². The Morgan fingerprint density at radius 2 is 1.18 bits per heavy atom. The average molecular weight is 385 g/mol. The van der Waals surface area contributed by atoms with E-state index < -0.39 is 0 Å². The first-order valence-electron chi connectivity index (χ1n) is 10.6. The van der Waals surface area contributed by atoms with Crippen LogP contribution in [0, 0.1) is 0 Å². The van der Waals surface area contributed by atoms with E-state index >= 15 is 0 Å². The lowest BCUT2D eigenvalue weighted by molar-refractivity contribution is 0.463. The number of benzene rings is 2. The van der Waals surface area contributed by atoms with Gasteiger partial charge in [0.15, 0.2) is 0 Å². The zero-order valence-electron chi connectivity index (χ0n) is 17.6. The minimum absolute atomic E-state index is 0.185. The van der Waals surface area contributed by atoms with Crippen LogP contribution in [-0.4, -0.2) is 23.3 Å². The van der Waals surface area contributed by atoms with Crippen molar-refractivity contribution >= 4 is 0 Å². The smallest absolute Gasteiger partial charge is 0.120 e. The van der Waals surface area contributed by atoms with E-state index in [4.69, 9.17) is 0 Å². The van der Waals surface area contributed by atoms with E-state index in [2.05, 4.69) is 43.5 Å². The Morgan fingerprint density at radius 3 is 1.57 bits per heavy atom. The zero-order valence-corrected chi connectivity index (χ0v) is 17.6. The SMILES string of the molecule is CCCCNCc1cc(C(C)c2ccc(O)c(CNCCCC)c2)ccc1O. The van der Waals surface area contributed by atoms with E-state index in [-0.39, 0.29) is 5.92 Å². The van der Waals surface area contributed by atoms with Crippen molar-refractivity contribution in [1.29, 1.82) is 0 Å². The summed E-state index contributed by atoms with van der Waals surface area (Å²) >= 11 is 0. The van der Waals surface area contributed by atoms with Gasteiger partial charge in [-0.05, 0) is 49.2 Å². The number of aromatic hydroxyl groups is 2. The first-order valence-corrected chi connectivity index (χ1v) is 10.6. The summed E-state index contributed by atoms with van der Waals surface area (Å²) in [6.45, 7) is 9.79. The van der Waals surface area contributed by atoms with Crippen molar-refractivity contribution in [3.8, 4) is 11.5 Å². The second-order valence-corrected chi connectivity index (χ2v) is 7.56. The topological polar surface area (TPSA) is 64.5 Å². The molecule has 0 spiro atoms. The van der Waals surface area contributed by atoms with Crippen LogP contribution in [-0.2, 0) is 13.1 Å². The van der Waals surface area contributed by atoms with Gasteiger partial charge in [-0.1, -0.05) is 57.9 Å². The van der Waals surface area contributed by atoms with E-state index in [1.54, 1.807) is 12.1 Å². The van der Waals surface area contributed by atoms with Crippen LogP contribution in [0.1, 0.15) is 74.6 Å². The van der Waals surface area contributed by atoms with Gasteiger partial charge in [0.2, 0.25) is 0 Å². The van der Waals surface area contributed by atoms with Gasteiger partial charge in [-0.25, -0.2) is 0 Å². The van der Waals surface area contributed by atoms with Crippen molar-refractivity contribution in [3.63, 3.8) is 0 Å². The first kappa shape index (κ1) is 22.3. The average Bonchev–Trinajstić information content (AvgIpc) is 2.70. The molecule has 0 unspecified atom stereocenters. The second kappa shape index (κ2) is 11.7. The van der Waals surface area contributed by atoms with Gasteiger partial charge in [0.25, 0.3) is 0 Å². The summed E-state index contributed by atoms with van der Waals surface area (Å²) in [4.78, 5) is 0. The van der Waals surface area contributed by atoms with Gasteiger partial charge in [0.1, 0.15) is 11.5 Å². The second-order valence-electron chi connectivity index (χ2n) is 7.56. The third-order valence-corrected chi connectivity index (χ3v) is 5.25. The Balaban J connectivity index is 2.10. The molecule has 2 rings (SSSR count). The normalized spacial score (nSPS) is 11.3. The van der Waals surface area contributed by atoms with E-state index in [0.29, 0.717) is 24.6 Å². The molecule has 28 heavy (non-hydrogen) atoms. The lowest BCUT2D eigenvalue weighted by Crippen LogP contribution is -2.15. The predicted octanol–water partition coefficient (Wildman–Crippen LogP) is 5.03. The van der Waals surface area contributed by atoms with Crippen molar-refractivity contribution in [3.05, 3.63) is 58.7 Å². The molecule has 0 saturated heterocycles. The molecule has 2 aromatic rings. The maximum atomic E-state index is 10.2. The highest BCUT2D eigenvalue weighted by Gasteiger charge is 2.13. The molecule has 0 bridgehead atoms. The summed E-state index contributed by atoms with van der Waals surface area (Å²) in [5.41, 5.74) is 4.20. The van der Waals surface area contributed by atoms with E-state index in [1.165, 1.54) is 11.1 Å². The van der Waals surface area contributed by atoms with E-state index in [9.17, 15) is 10.2 Å². The Bertz CT molecular complexity index is 669.